The molecule has 2 atom stereocenters. The number of rotatable bonds is 3. The SMILES string of the molecule is Cc1ccc(C2CC(C(=O)Nc3cccc(C)c3)NN2)cc1. The number of hydrogen-bond donors (Lipinski definition) is 3. The molecule has 2 unspecified atom stereocenters. The largest absolute Gasteiger partial charge is 0.325 e. The zero-order chi connectivity index (χ0) is 15.5. The summed E-state index contributed by atoms with van der Waals surface area (Å²) in [7, 11) is 0. The van der Waals surface area contributed by atoms with Crippen LogP contribution in [0.15, 0.2) is 48.5 Å². The number of hydrazine groups is 1. The molecular weight excluding hydrogens is 274 g/mol. The summed E-state index contributed by atoms with van der Waals surface area (Å²) in [5.74, 6) is -0.00675. The highest BCUT2D eigenvalue weighted by atomic mass is 16.2. The molecular formula is C18H21N3O. The molecule has 4 nitrogen and oxygen atoms in total. The maximum atomic E-state index is 12.3. The maximum Gasteiger partial charge on any atom is 0.242 e. The third-order valence-electron chi connectivity index (χ3n) is 3.99. The molecule has 3 N–H and O–H groups in total. The smallest absolute Gasteiger partial charge is 0.242 e. The molecule has 1 amide bonds. The molecule has 2 aromatic carbocycles. The quantitative estimate of drug-likeness (QED) is 0.816. The summed E-state index contributed by atoms with van der Waals surface area (Å²) in [6.45, 7) is 4.08. The van der Waals surface area contributed by atoms with Crippen molar-refractivity contribution in [3.05, 3.63) is 65.2 Å². The van der Waals surface area contributed by atoms with E-state index in [9.17, 15) is 4.79 Å². The van der Waals surface area contributed by atoms with Gasteiger partial charge in [0, 0.05) is 11.7 Å². The Morgan fingerprint density at radius 1 is 1.05 bits per heavy atom. The van der Waals surface area contributed by atoms with E-state index in [0.717, 1.165) is 17.7 Å². The summed E-state index contributed by atoms with van der Waals surface area (Å²) in [5, 5.41) is 2.96. The van der Waals surface area contributed by atoms with Crippen LogP contribution in [0.3, 0.4) is 0 Å². The normalized spacial score (nSPS) is 20.8. The van der Waals surface area contributed by atoms with Gasteiger partial charge in [0.1, 0.15) is 6.04 Å². The second-order valence-electron chi connectivity index (χ2n) is 5.90. The van der Waals surface area contributed by atoms with Gasteiger partial charge in [-0.15, -0.1) is 0 Å². The van der Waals surface area contributed by atoms with Gasteiger partial charge in [-0.3, -0.25) is 4.79 Å². The molecule has 1 aliphatic rings. The molecule has 2 aromatic rings. The number of carbonyl (C=O) groups excluding carboxylic acids is 1. The Morgan fingerprint density at radius 3 is 2.55 bits per heavy atom. The van der Waals surface area contributed by atoms with Crippen molar-refractivity contribution in [1.29, 1.82) is 0 Å². The fourth-order valence-electron chi connectivity index (χ4n) is 2.70. The molecule has 3 rings (SSSR count). The van der Waals surface area contributed by atoms with Gasteiger partial charge in [0.15, 0.2) is 0 Å². The van der Waals surface area contributed by atoms with E-state index in [1.54, 1.807) is 0 Å². The predicted octanol–water partition coefficient (Wildman–Crippen LogP) is 2.85. The van der Waals surface area contributed by atoms with E-state index in [0.29, 0.717) is 0 Å². The average molecular weight is 295 g/mol. The Balaban J connectivity index is 1.62. The lowest BCUT2D eigenvalue weighted by molar-refractivity contribution is -0.117. The van der Waals surface area contributed by atoms with Gasteiger partial charge >= 0.3 is 0 Å². The molecule has 0 spiro atoms. The lowest BCUT2D eigenvalue weighted by Crippen LogP contribution is -2.39. The Bertz CT molecular complexity index is 666. The van der Waals surface area contributed by atoms with Crippen molar-refractivity contribution in [3.8, 4) is 0 Å². The maximum absolute atomic E-state index is 12.3. The highest BCUT2D eigenvalue weighted by Crippen LogP contribution is 2.23. The lowest BCUT2D eigenvalue weighted by atomic mass is 10.0. The van der Waals surface area contributed by atoms with Crippen molar-refractivity contribution >= 4 is 11.6 Å². The molecule has 1 saturated heterocycles. The van der Waals surface area contributed by atoms with E-state index >= 15 is 0 Å². The summed E-state index contributed by atoms with van der Waals surface area (Å²) in [6.07, 6.45) is 0.737. The minimum Gasteiger partial charge on any atom is -0.325 e. The fraction of sp³-hybridized carbons (Fsp3) is 0.278. The number of carbonyl (C=O) groups is 1. The molecule has 1 heterocycles. The molecule has 0 bridgehead atoms. The predicted molar refractivity (Wildman–Crippen MR) is 88.4 cm³/mol. The molecule has 0 radical (unpaired) electrons. The average Bonchev–Trinajstić information content (AvgIpc) is 2.98. The van der Waals surface area contributed by atoms with Gasteiger partial charge in [0.25, 0.3) is 0 Å². The Morgan fingerprint density at radius 2 is 1.82 bits per heavy atom. The minimum absolute atomic E-state index is 0.00675. The van der Waals surface area contributed by atoms with E-state index in [1.807, 2.05) is 31.2 Å². The summed E-state index contributed by atoms with van der Waals surface area (Å²) in [4.78, 5) is 12.3. The van der Waals surface area contributed by atoms with E-state index in [4.69, 9.17) is 0 Å². The van der Waals surface area contributed by atoms with Crippen LogP contribution in [0.1, 0.15) is 29.2 Å². The second-order valence-corrected chi connectivity index (χ2v) is 5.90. The van der Waals surface area contributed by atoms with Gasteiger partial charge in [-0.2, -0.15) is 0 Å². The fourth-order valence-corrected chi connectivity index (χ4v) is 2.70. The summed E-state index contributed by atoms with van der Waals surface area (Å²) in [5.41, 5.74) is 10.7. The third-order valence-corrected chi connectivity index (χ3v) is 3.99. The van der Waals surface area contributed by atoms with Crippen LogP contribution < -0.4 is 16.2 Å². The first-order valence-electron chi connectivity index (χ1n) is 7.57. The van der Waals surface area contributed by atoms with Gasteiger partial charge < -0.3 is 5.32 Å². The monoisotopic (exact) mass is 295 g/mol. The number of benzene rings is 2. The van der Waals surface area contributed by atoms with Crippen molar-refractivity contribution in [2.24, 2.45) is 0 Å². The first-order valence-corrected chi connectivity index (χ1v) is 7.57. The van der Waals surface area contributed by atoms with Crippen LogP contribution in [0.5, 0.6) is 0 Å². The van der Waals surface area contributed by atoms with Crippen LogP contribution in [0.4, 0.5) is 5.69 Å². The van der Waals surface area contributed by atoms with Crippen molar-refractivity contribution in [1.82, 2.24) is 10.9 Å². The van der Waals surface area contributed by atoms with Crippen LogP contribution >= 0.6 is 0 Å². The lowest BCUT2D eigenvalue weighted by Gasteiger charge is -2.11. The van der Waals surface area contributed by atoms with Crippen molar-refractivity contribution < 1.29 is 4.79 Å². The summed E-state index contributed by atoms with van der Waals surface area (Å²) < 4.78 is 0. The number of amides is 1. The van der Waals surface area contributed by atoms with Crippen LogP contribution in [-0.2, 0) is 4.79 Å². The first-order chi connectivity index (χ1) is 10.6. The number of nitrogens with one attached hydrogen (secondary N) is 3. The summed E-state index contributed by atoms with van der Waals surface area (Å²) >= 11 is 0. The molecule has 1 aliphatic heterocycles. The molecule has 1 fully saturated rings. The highest BCUT2D eigenvalue weighted by Gasteiger charge is 2.30. The zero-order valence-electron chi connectivity index (χ0n) is 12.9. The highest BCUT2D eigenvalue weighted by molar-refractivity contribution is 5.95. The van der Waals surface area contributed by atoms with E-state index < -0.39 is 0 Å². The summed E-state index contributed by atoms with van der Waals surface area (Å²) in [6, 6.07) is 16.2. The third kappa shape index (κ3) is 3.35. The Kier molecular flexibility index (Phi) is 4.22. The van der Waals surface area contributed by atoms with Crippen LogP contribution in [-0.4, -0.2) is 11.9 Å². The van der Waals surface area contributed by atoms with Crippen molar-refractivity contribution in [2.45, 2.75) is 32.4 Å². The van der Waals surface area contributed by atoms with Crippen molar-refractivity contribution in [3.63, 3.8) is 0 Å². The molecule has 22 heavy (non-hydrogen) atoms. The molecule has 0 aliphatic carbocycles. The second kappa shape index (κ2) is 6.30. The molecule has 0 saturated carbocycles. The van der Waals surface area contributed by atoms with Gasteiger partial charge in [0.05, 0.1) is 0 Å². The Hall–Kier alpha value is -2.17. The molecule has 114 valence electrons. The molecule has 4 heteroatoms. The van der Waals surface area contributed by atoms with Gasteiger partial charge in [-0.25, -0.2) is 10.9 Å². The van der Waals surface area contributed by atoms with Gasteiger partial charge in [-0.1, -0.05) is 42.0 Å². The van der Waals surface area contributed by atoms with Crippen LogP contribution in [0.25, 0.3) is 0 Å². The van der Waals surface area contributed by atoms with Gasteiger partial charge in [0.2, 0.25) is 5.91 Å². The number of anilines is 1. The van der Waals surface area contributed by atoms with Crippen molar-refractivity contribution in [2.75, 3.05) is 5.32 Å². The number of aryl methyl sites for hydroxylation is 2. The zero-order valence-corrected chi connectivity index (χ0v) is 12.9. The molecule has 0 aromatic heterocycles. The van der Waals surface area contributed by atoms with E-state index in [1.165, 1.54) is 11.1 Å². The van der Waals surface area contributed by atoms with E-state index in [-0.39, 0.29) is 18.0 Å². The van der Waals surface area contributed by atoms with E-state index in [2.05, 4.69) is 47.4 Å². The van der Waals surface area contributed by atoms with Gasteiger partial charge in [-0.05, 0) is 43.5 Å². The minimum atomic E-state index is -0.230. The standard InChI is InChI=1S/C18H21N3O/c1-12-6-8-14(9-7-12)16-11-17(21-20-16)18(22)19-15-5-3-4-13(2)10-15/h3-10,16-17,20-21H,11H2,1-2H3,(H,19,22). The van der Waals surface area contributed by atoms with Crippen LogP contribution in [0, 0.1) is 13.8 Å². The topological polar surface area (TPSA) is 53.2 Å². The first kappa shape index (κ1) is 14.8. The van der Waals surface area contributed by atoms with Crippen LogP contribution in [0.2, 0.25) is 0 Å². The number of hydrogen-bond acceptors (Lipinski definition) is 3. The Labute approximate surface area is 130 Å².